The van der Waals surface area contributed by atoms with Crippen molar-refractivity contribution < 1.29 is 18.7 Å². The van der Waals surface area contributed by atoms with Crippen LogP contribution >= 0.6 is 0 Å². The molecule has 0 unspecified atom stereocenters. The van der Waals surface area contributed by atoms with Crippen LogP contribution in [0.3, 0.4) is 0 Å². The van der Waals surface area contributed by atoms with Crippen molar-refractivity contribution in [3.05, 3.63) is 59.4 Å². The Morgan fingerprint density at radius 3 is 2.76 bits per heavy atom. The lowest BCUT2D eigenvalue weighted by atomic mass is 10.2. The van der Waals surface area contributed by atoms with Gasteiger partial charge < -0.3 is 10.1 Å². The van der Waals surface area contributed by atoms with E-state index in [0.717, 1.165) is 0 Å². The summed E-state index contributed by atoms with van der Waals surface area (Å²) in [6.07, 6.45) is 0.664. The third kappa shape index (κ3) is 3.89. The molecule has 0 fully saturated rings. The monoisotopic (exact) mass is 287 g/mol. The Kier molecular flexibility index (Phi) is 4.66. The van der Waals surface area contributed by atoms with Gasteiger partial charge in [-0.2, -0.15) is 0 Å². The average Bonchev–Trinajstić information content (AvgIpc) is 2.48. The molecular formula is C16H14FNO3. The standard InChI is InChI=1S/C16H14FNO3/c1-11-8-13(17)6-7-14(11)18-16(20)10-21-15-5-3-2-4-12(15)9-19/h2-9H,10H2,1H3,(H,18,20). The SMILES string of the molecule is Cc1cc(F)ccc1NC(=O)COc1ccccc1C=O. The summed E-state index contributed by atoms with van der Waals surface area (Å²) in [5, 5.41) is 2.63. The van der Waals surface area contributed by atoms with E-state index in [-0.39, 0.29) is 18.3 Å². The normalized spacial score (nSPS) is 10.0. The third-order valence-corrected chi connectivity index (χ3v) is 2.87. The second-order valence-electron chi connectivity index (χ2n) is 4.45. The number of carbonyl (C=O) groups is 2. The van der Waals surface area contributed by atoms with Gasteiger partial charge in [0, 0.05) is 5.69 Å². The molecule has 1 amide bonds. The van der Waals surface area contributed by atoms with Crippen LogP contribution in [0.1, 0.15) is 15.9 Å². The van der Waals surface area contributed by atoms with Crippen LogP contribution in [0, 0.1) is 12.7 Å². The number of anilines is 1. The average molecular weight is 287 g/mol. The molecule has 4 nitrogen and oxygen atoms in total. The molecule has 0 saturated carbocycles. The summed E-state index contributed by atoms with van der Waals surface area (Å²) in [7, 11) is 0. The van der Waals surface area contributed by atoms with E-state index in [9.17, 15) is 14.0 Å². The van der Waals surface area contributed by atoms with Crippen molar-refractivity contribution in [2.45, 2.75) is 6.92 Å². The fourth-order valence-electron chi connectivity index (χ4n) is 1.81. The fourth-order valence-corrected chi connectivity index (χ4v) is 1.81. The molecule has 2 aromatic rings. The molecule has 108 valence electrons. The summed E-state index contributed by atoms with van der Waals surface area (Å²) in [6.45, 7) is 1.46. The quantitative estimate of drug-likeness (QED) is 0.860. The van der Waals surface area contributed by atoms with Crippen molar-refractivity contribution in [3.8, 4) is 5.75 Å². The molecule has 0 aliphatic carbocycles. The molecule has 2 rings (SSSR count). The van der Waals surface area contributed by atoms with Gasteiger partial charge in [0.1, 0.15) is 11.6 Å². The topological polar surface area (TPSA) is 55.4 Å². The Bertz CT molecular complexity index is 670. The molecule has 1 N–H and O–H groups in total. The molecule has 0 aliphatic rings. The lowest BCUT2D eigenvalue weighted by Gasteiger charge is -2.10. The van der Waals surface area contributed by atoms with E-state index >= 15 is 0 Å². The van der Waals surface area contributed by atoms with Gasteiger partial charge in [-0.3, -0.25) is 9.59 Å². The maximum atomic E-state index is 13.0. The van der Waals surface area contributed by atoms with Crippen LogP contribution < -0.4 is 10.1 Å². The fraction of sp³-hybridized carbons (Fsp3) is 0.125. The first-order chi connectivity index (χ1) is 10.1. The zero-order chi connectivity index (χ0) is 15.2. The molecule has 5 heteroatoms. The van der Waals surface area contributed by atoms with Gasteiger partial charge in [0.05, 0.1) is 5.56 Å². The molecule has 0 heterocycles. The number of hydrogen-bond acceptors (Lipinski definition) is 3. The van der Waals surface area contributed by atoms with E-state index < -0.39 is 0 Å². The van der Waals surface area contributed by atoms with Crippen LogP contribution in [-0.2, 0) is 4.79 Å². The third-order valence-electron chi connectivity index (χ3n) is 2.87. The number of aldehydes is 1. The minimum absolute atomic E-state index is 0.234. The smallest absolute Gasteiger partial charge is 0.262 e. The highest BCUT2D eigenvalue weighted by atomic mass is 19.1. The predicted octanol–water partition coefficient (Wildman–Crippen LogP) is 2.96. The van der Waals surface area contributed by atoms with Crippen LogP contribution in [-0.4, -0.2) is 18.8 Å². The van der Waals surface area contributed by atoms with Gasteiger partial charge in [0.15, 0.2) is 12.9 Å². The van der Waals surface area contributed by atoms with Gasteiger partial charge in [-0.15, -0.1) is 0 Å². The number of ether oxygens (including phenoxy) is 1. The van der Waals surface area contributed by atoms with Crippen molar-refractivity contribution in [3.63, 3.8) is 0 Å². The first-order valence-corrected chi connectivity index (χ1v) is 6.33. The molecular weight excluding hydrogens is 273 g/mol. The number of para-hydroxylation sites is 1. The van der Waals surface area contributed by atoms with Gasteiger partial charge in [0.25, 0.3) is 5.91 Å². The van der Waals surface area contributed by atoms with Crippen LogP contribution in [0.2, 0.25) is 0 Å². The lowest BCUT2D eigenvalue weighted by Crippen LogP contribution is -2.21. The van der Waals surface area contributed by atoms with Crippen molar-refractivity contribution in [2.75, 3.05) is 11.9 Å². The van der Waals surface area contributed by atoms with Crippen molar-refractivity contribution in [1.29, 1.82) is 0 Å². The molecule has 0 bridgehead atoms. The van der Waals surface area contributed by atoms with Gasteiger partial charge in [-0.05, 0) is 42.8 Å². The first-order valence-electron chi connectivity index (χ1n) is 6.33. The largest absolute Gasteiger partial charge is 0.483 e. The lowest BCUT2D eigenvalue weighted by molar-refractivity contribution is -0.118. The number of rotatable bonds is 5. The number of halogens is 1. The molecule has 0 aromatic heterocycles. The van der Waals surface area contributed by atoms with Crippen LogP contribution in [0.4, 0.5) is 10.1 Å². The number of nitrogens with one attached hydrogen (secondary N) is 1. The summed E-state index contributed by atoms with van der Waals surface area (Å²) in [4.78, 5) is 22.6. The number of carbonyl (C=O) groups excluding carboxylic acids is 2. The molecule has 0 saturated heterocycles. The molecule has 0 spiro atoms. The van der Waals surface area contributed by atoms with Crippen molar-refractivity contribution in [1.82, 2.24) is 0 Å². The second-order valence-corrected chi connectivity index (χ2v) is 4.45. The number of aryl methyl sites for hydroxylation is 1. The summed E-state index contributed by atoms with van der Waals surface area (Å²) in [5.74, 6) is -0.398. The van der Waals surface area contributed by atoms with Gasteiger partial charge in [0.2, 0.25) is 0 Å². The first kappa shape index (κ1) is 14.7. The van der Waals surface area contributed by atoms with E-state index in [1.807, 2.05) is 0 Å². The summed E-state index contributed by atoms with van der Waals surface area (Å²) in [5.41, 5.74) is 1.52. The Labute approximate surface area is 121 Å². The van der Waals surface area contributed by atoms with Crippen LogP contribution in [0.5, 0.6) is 5.75 Å². The predicted molar refractivity (Wildman–Crippen MR) is 77.1 cm³/mol. The Morgan fingerprint density at radius 2 is 2.05 bits per heavy atom. The highest BCUT2D eigenvalue weighted by Crippen LogP contribution is 2.17. The van der Waals surface area contributed by atoms with E-state index in [1.54, 1.807) is 31.2 Å². The van der Waals surface area contributed by atoms with E-state index in [4.69, 9.17) is 4.74 Å². The highest BCUT2D eigenvalue weighted by molar-refractivity contribution is 5.92. The van der Waals surface area contributed by atoms with Crippen molar-refractivity contribution in [2.24, 2.45) is 0 Å². The minimum atomic E-state index is -0.384. The van der Waals surface area contributed by atoms with Gasteiger partial charge in [-0.25, -0.2) is 4.39 Å². The maximum Gasteiger partial charge on any atom is 0.262 e. The minimum Gasteiger partial charge on any atom is -0.483 e. The molecule has 21 heavy (non-hydrogen) atoms. The van der Waals surface area contributed by atoms with Crippen LogP contribution in [0.15, 0.2) is 42.5 Å². The zero-order valence-corrected chi connectivity index (χ0v) is 11.4. The van der Waals surface area contributed by atoms with E-state index in [1.165, 1.54) is 18.2 Å². The second kappa shape index (κ2) is 6.65. The number of hydrogen-bond donors (Lipinski definition) is 1. The number of benzene rings is 2. The van der Waals surface area contributed by atoms with E-state index in [2.05, 4.69) is 5.32 Å². The number of amides is 1. The van der Waals surface area contributed by atoms with E-state index in [0.29, 0.717) is 28.8 Å². The molecule has 0 radical (unpaired) electrons. The Balaban J connectivity index is 1.97. The van der Waals surface area contributed by atoms with Crippen LogP contribution in [0.25, 0.3) is 0 Å². The van der Waals surface area contributed by atoms with Gasteiger partial charge >= 0.3 is 0 Å². The van der Waals surface area contributed by atoms with Crippen molar-refractivity contribution >= 4 is 17.9 Å². The summed E-state index contributed by atoms with van der Waals surface area (Å²) >= 11 is 0. The molecule has 0 atom stereocenters. The highest BCUT2D eigenvalue weighted by Gasteiger charge is 2.08. The maximum absolute atomic E-state index is 13.0. The zero-order valence-electron chi connectivity index (χ0n) is 11.4. The Hall–Kier alpha value is -2.69. The molecule has 2 aromatic carbocycles. The Morgan fingerprint density at radius 1 is 1.29 bits per heavy atom. The molecule has 0 aliphatic heterocycles. The summed E-state index contributed by atoms with van der Waals surface area (Å²) in [6, 6.07) is 10.7. The van der Waals surface area contributed by atoms with Gasteiger partial charge in [-0.1, -0.05) is 12.1 Å². The summed E-state index contributed by atoms with van der Waals surface area (Å²) < 4.78 is 18.3.